The van der Waals surface area contributed by atoms with Crippen molar-refractivity contribution in [2.24, 2.45) is 10.1 Å². The van der Waals surface area contributed by atoms with Crippen molar-refractivity contribution in [3.05, 3.63) is 101 Å². The summed E-state index contributed by atoms with van der Waals surface area (Å²) in [5.41, 5.74) is 4.54. The molecule has 2 amide bonds. The highest BCUT2D eigenvalue weighted by molar-refractivity contribution is 8.15. The molecule has 176 valence electrons. The highest BCUT2D eigenvalue weighted by atomic mass is 32.2. The van der Waals surface area contributed by atoms with Crippen LogP contribution in [-0.2, 0) is 9.59 Å². The summed E-state index contributed by atoms with van der Waals surface area (Å²) >= 11 is 1.24. The second kappa shape index (κ2) is 9.84. The van der Waals surface area contributed by atoms with E-state index in [0.717, 1.165) is 16.8 Å². The number of aryl methyl sites for hydroxylation is 1. The summed E-state index contributed by atoms with van der Waals surface area (Å²) in [6.45, 7) is 2.04. The number of hydrogen-bond donors (Lipinski definition) is 1. The number of halogens is 1. The maximum absolute atomic E-state index is 13.4. The summed E-state index contributed by atoms with van der Waals surface area (Å²) in [5, 5.41) is 9.13. The van der Waals surface area contributed by atoms with Crippen LogP contribution in [0.4, 0.5) is 10.1 Å². The lowest BCUT2D eigenvalue weighted by atomic mass is 9.98. The molecular formula is C27H23FN4O2S. The summed E-state index contributed by atoms with van der Waals surface area (Å²) in [5.74, 6) is -1.18. The highest BCUT2D eigenvalue weighted by Crippen LogP contribution is 2.38. The van der Waals surface area contributed by atoms with E-state index >= 15 is 0 Å². The molecular weight excluding hydrogens is 463 g/mol. The number of nitrogens with zero attached hydrogens (tertiary/aromatic N) is 3. The molecule has 0 unspecified atom stereocenters. The average Bonchev–Trinajstić information content (AvgIpc) is 3.44. The number of thioether (sulfide) groups is 1. The van der Waals surface area contributed by atoms with Crippen LogP contribution in [0, 0.1) is 12.7 Å². The van der Waals surface area contributed by atoms with Crippen molar-refractivity contribution in [1.82, 2.24) is 5.01 Å². The summed E-state index contributed by atoms with van der Waals surface area (Å²) in [6.07, 6.45) is 0.608. The molecule has 6 nitrogen and oxygen atoms in total. The molecule has 3 aromatic rings. The molecule has 35 heavy (non-hydrogen) atoms. The predicted octanol–water partition coefficient (Wildman–Crippen LogP) is 5.31. The smallest absolute Gasteiger partial charge is 0.262 e. The number of hydrogen-bond acceptors (Lipinski definition) is 5. The van der Waals surface area contributed by atoms with Crippen molar-refractivity contribution < 1.29 is 14.0 Å². The van der Waals surface area contributed by atoms with Crippen molar-refractivity contribution in [3.63, 3.8) is 0 Å². The van der Waals surface area contributed by atoms with Gasteiger partial charge in [0.25, 0.3) is 5.91 Å². The van der Waals surface area contributed by atoms with Crippen LogP contribution in [0.25, 0.3) is 0 Å². The van der Waals surface area contributed by atoms with Gasteiger partial charge in [-0.05, 0) is 36.2 Å². The first-order chi connectivity index (χ1) is 17.0. The minimum atomic E-state index is -0.659. The molecule has 8 heteroatoms. The number of carbonyl (C=O) groups excluding carboxylic acids is 2. The topological polar surface area (TPSA) is 74.1 Å². The monoisotopic (exact) mass is 486 g/mol. The number of amidine groups is 1. The van der Waals surface area contributed by atoms with Gasteiger partial charge in [0, 0.05) is 18.5 Å². The fraction of sp³-hybridized carbons (Fsp3) is 0.185. The molecule has 0 aliphatic carbocycles. The van der Waals surface area contributed by atoms with Crippen molar-refractivity contribution >= 4 is 40.1 Å². The first-order valence-electron chi connectivity index (χ1n) is 11.3. The van der Waals surface area contributed by atoms with Gasteiger partial charge in [-0.2, -0.15) is 10.1 Å². The van der Waals surface area contributed by atoms with Crippen molar-refractivity contribution in [1.29, 1.82) is 0 Å². The Bertz CT molecular complexity index is 1320. The first-order valence-corrected chi connectivity index (χ1v) is 12.2. The Morgan fingerprint density at radius 1 is 1.09 bits per heavy atom. The molecule has 2 aliphatic rings. The fourth-order valence-corrected chi connectivity index (χ4v) is 5.15. The van der Waals surface area contributed by atoms with Gasteiger partial charge in [0.2, 0.25) is 5.91 Å². The van der Waals surface area contributed by atoms with Crippen molar-refractivity contribution in [2.45, 2.75) is 31.1 Å². The maximum Gasteiger partial charge on any atom is 0.262 e. The minimum absolute atomic E-state index is 0.0641. The molecule has 0 spiro atoms. The third-order valence-corrected chi connectivity index (χ3v) is 7.03. The van der Waals surface area contributed by atoms with E-state index in [0.29, 0.717) is 17.3 Å². The van der Waals surface area contributed by atoms with E-state index < -0.39 is 11.1 Å². The van der Waals surface area contributed by atoms with E-state index in [-0.39, 0.29) is 24.3 Å². The lowest BCUT2D eigenvalue weighted by Gasteiger charge is -2.23. The third kappa shape index (κ3) is 5.17. The minimum Gasteiger partial charge on any atom is -0.326 e. The molecule has 2 heterocycles. The number of rotatable bonds is 5. The second-order valence-corrected chi connectivity index (χ2v) is 9.66. The van der Waals surface area contributed by atoms with Crippen LogP contribution < -0.4 is 5.32 Å². The van der Waals surface area contributed by atoms with E-state index in [4.69, 9.17) is 5.10 Å². The van der Waals surface area contributed by atoms with Gasteiger partial charge in [-0.1, -0.05) is 78.0 Å². The zero-order chi connectivity index (χ0) is 24.4. The summed E-state index contributed by atoms with van der Waals surface area (Å²) in [6, 6.07) is 23.7. The van der Waals surface area contributed by atoms with Crippen LogP contribution in [0.3, 0.4) is 0 Å². The fourth-order valence-electron chi connectivity index (χ4n) is 4.09. The molecule has 0 saturated carbocycles. The zero-order valence-corrected chi connectivity index (χ0v) is 19.8. The van der Waals surface area contributed by atoms with Gasteiger partial charge in [0.1, 0.15) is 11.1 Å². The Hall–Kier alpha value is -3.78. The van der Waals surface area contributed by atoms with Gasteiger partial charge < -0.3 is 5.32 Å². The Kier molecular flexibility index (Phi) is 6.46. The number of carbonyl (C=O) groups is 2. The maximum atomic E-state index is 13.4. The third-order valence-electron chi connectivity index (χ3n) is 5.88. The Morgan fingerprint density at radius 2 is 1.86 bits per heavy atom. The number of hydrazone groups is 1. The molecule has 0 aromatic heterocycles. The van der Waals surface area contributed by atoms with Crippen molar-refractivity contribution in [2.75, 3.05) is 5.32 Å². The summed E-state index contributed by atoms with van der Waals surface area (Å²) in [4.78, 5) is 29.5. The Morgan fingerprint density at radius 3 is 2.60 bits per heavy atom. The standard InChI is InChI=1S/C27H23FN4O2S/c1-17-10-12-18(13-11-17)22-15-23(19-6-3-2-4-7-19)32(31-22)27-30-26(34)24(35-27)16-25(33)29-21-9-5-8-20(28)14-21/h2-14,23-24H,15-16H2,1H3,(H,29,33)/t23-,24-/m1/s1. The molecule has 0 bridgehead atoms. The van der Waals surface area contributed by atoms with Crippen molar-refractivity contribution in [3.8, 4) is 0 Å². The van der Waals surface area contributed by atoms with Crippen LogP contribution in [0.2, 0.25) is 0 Å². The second-order valence-electron chi connectivity index (χ2n) is 8.49. The molecule has 3 aromatic carbocycles. The van der Waals surface area contributed by atoms with Gasteiger partial charge in [-0.15, -0.1) is 0 Å². The Balaban J connectivity index is 1.34. The molecule has 1 N–H and O–H groups in total. The number of aliphatic imine (C=N–C) groups is 1. The number of anilines is 1. The highest BCUT2D eigenvalue weighted by Gasteiger charge is 2.39. The van der Waals surface area contributed by atoms with Gasteiger partial charge in [0.05, 0.1) is 11.8 Å². The summed E-state index contributed by atoms with van der Waals surface area (Å²) < 4.78 is 13.4. The lowest BCUT2D eigenvalue weighted by Crippen LogP contribution is -2.25. The van der Waals surface area contributed by atoms with Gasteiger partial charge >= 0.3 is 0 Å². The normalized spacial score (nSPS) is 19.5. The SMILES string of the molecule is Cc1ccc(C2=NN(C3=NC(=O)[C@@H](CC(=O)Nc4cccc(F)c4)S3)[C@@H](c3ccccc3)C2)cc1. The number of nitrogens with one attached hydrogen (secondary N) is 1. The Labute approximate surface area is 207 Å². The average molecular weight is 487 g/mol. The molecule has 0 saturated heterocycles. The summed E-state index contributed by atoms with van der Waals surface area (Å²) in [7, 11) is 0. The molecule has 2 aliphatic heterocycles. The van der Waals surface area contributed by atoms with E-state index in [1.807, 2.05) is 49.4 Å². The van der Waals surface area contributed by atoms with Gasteiger partial charge in [0.15, 0.2) is 5.17 Å². The van der Waals surface area contributed by atoms with E-state index in [9.17, 15) is 14.0 Å². The lowest BCUT2D eigenvalue weighted by molar-refractivity contribution is -0.121. The van der Waals surface area contributed by atoms with Gasteiger partial charge in [-0.3, -0.25) is 9.59 Å². The largest absolute Gasteiger partial charge is 0.326 e. The van der Waals surface area contributed by atoms with Crippen LogP contribution in [0.1, 0.15) is 35.6 Å². The van der Waals surface area contributed by atoms with Crippen LogP contribution in [-0.4, -0.2) is 33.0 Å². The predicted molar refractivity (Wildman–Crippen MR) is 137 cm³/mol. The number of amides is 2. The van der Waals surface area contributed by atoms with Crippen LogP contribution >= 0.6 is 11.8 Å². The molecule has 5 rings (SSSR count). The zero-order valence-electron chi connectivity index (χ0n) is 19.0. The van der Waals surface area contributed by atoms with Crippen LogP contribution in [0.5, 0.6) is 0 Å². The van der Waals surface area contributed by atoms with E-state index in [1.165, 1.54) is 35.5 Å². The number of benzene rings is 3. The molecule has 0 radical (unpaired) electrons. The molecule has 2 atom stereocenters. The molecule has 0 fully saturated rings. The quantitative estimate of drug-likeness (QED) is 0.530. The van der Waals surface area contributed by atoms with Crippen LogP contribution in [0.15, 0.2) is 89.0 Å². The van der Waals surface area contributed by atoms with Gasteiger partial charge in [-0.25, -0.2) is 9.40 Å². The van der Waals surface area contributed by atoms with E-state index in [1.54, 1.807) is 11.1 Å². The van der Waals surface area contributed by atoms with E-state index in [2.05, 4.69) is 22.4 Å². The first kappa shape index (κ1) is 23.0.